The SMILES string of the molecule is CC(C(=O)Nc1cc(Cl)c(Cl)cc1Cl)N1CCC(C(N)=O)CC1. The molecule has 1 aliphatic heterocycles. The number of nitrogens with one attached hydrogen (secondary N) is 1. The Morgan fingerprint density at radius 2 is 1.74 bits per heavy atom. The van der Waals surface area contributed by atoms with Gasteiger partial charge in [0.05, 0.1) is 26.8 Å². The van der Waals surface area contributed by atoms with E-state index in [2.05, 4.69) is 5.32 Å². The molecule has 126 valence electrons. The maximum Gasteiger partial charge on any atom is 0.241 e. The Balaban J connectivity index is 1.98. The number of hydrogen-bond donors (Lipinski definition) is 2. The third-order valence-corrected chi connectivity index (χ3v) is 5.16. The molecule has 1 atom stereocenters. The van der Waals surface area contributed by atoms with Crippen LogP contribution in [0.3, 0.4) is 0 Å². The number of carbonyl (C=O) groups excluding carboxylic acids is 2. The van der Waals surface area contributed by atoms with Crippen LogP contribution in [0, 0.1) is 5.92 Å². The van der Waals surface area contributed by atoms with E-state index in [4.69, 9.17) is 40.5 Å². The van der Waals surface area contributed by atoms with Crippen LogP contribution in [0.25, 0.3) is 0 Å². The lowest BCUT2D eigenvalue weighted by Gasteiger charge is -2.34. The number of anilines is 1. The zero-order valence-corrected chi connectivity index (χ0v) is 14.9. The predicted octanol–water partition coefficient (Wildman–Crippen LogP) is 3.17. The van der Waals surface area contributed by atoms with Gasteiger partial charge in [0.25, 0.3) is 0 Å². The number of primary amides is 1. The van der Waals surface area contributed by atoms with E-state index in [1.54, 1.807) is 0 Å². The minimum Gasteiger partial charge on any atom is -0.369 e. The van der Waals surface area contributed by atoms with E-state index in [1.165, 1.54) is 12.1 Å². The van der Waals surface area contributed by atoms with Gasteiger partial charge in [0.1, 0.15) is 0 Å². The molecule has 0 aromatic heterocycles. The molecule has 1 fully saturated rings. The number of piperidine rings is 1. The number of rotatable bonds is 4. The van der Waals surface area contributed by atoms with Crippen LogP contribution in [0.2, 0.25) is 15.1 Å². The molecule has 23 heavy (non-hydrogen) atoms. The van der Waals surface area contributed by atoms with Gasteiger partial charge in [-0.1, -0.05) is 34.8 Å². The first-order valence-electron chi connectivity index (χ1n) is 7.28. The van der Waals surface area contributed by atoms with Crippen LogP contribution in [0.4, 0.5) is 5.69 Å². The summed E-state index contributed by atoms with van der Waals surface area (Å²) in [5, 5.41) is 3.74. The van der Waals surface area contributed by atoms with Crippen molar-refractivity contribution in [2.75, 3.05) is 18.4 Å². The topological polar surface area (TPSA) is 75.4 Å². The highest BCUT2D eigenvalue weighted by molar-refractivity contribution is 6.44. The van der Waals surface area contributed by atoms with Gasteiger partial charge in [0.2, 0.25) is 11.8 Å². The van der Waals surface area contributed by atoms with Gasteiger partial charge in [-0.25, -0.2) is 0 Å². The van der Waals surface area contributed by atoms with Crippen LogP contribution in [0.1, 0.15) is 19.8 Å². The molecule has 0 bridgehead atoms. The quantitative estimate of drug-likeness (QED) is 0.790. The summed E-state index contributed by atoms with van der Waals surface area (Å²) in [5.41, 5.74) is 5.74. The fraction of sp³-hybridized carbons (Fsp3) is 0.467. The second kappa shape index (κ2) is 7.71. The highest BCUT2D eigenvalue weighted by Gasteiger charge is 2.29. The number of benzene rings is 1. The maximum atomic E-state index is 12.4. The maximum absolute atomic E-state index is 12.4. The first kappa shape index (κ1) is 18.3. The molecule has 1 aromatic carbocycles. The smallest absolute Gasteiger partial charge is 0.241 e. The molecule has 1 saturated heterocycles. The second-order valence-electron chi connectivity index (χ2n) is 5.62. The van der Waals surface area contributed by atoms with Crippen LogP contribution < -0.4 is 11.1 Å². The number of likely N-dealkylation sites (tertiary alicyclic amines) is 1. The molecule has 1 heterocycles. The molecule has 1 aliphatic rings. The number of amides is 2. The highest BCUT2D eigenvalue weighted by atomic mass is 35.5. The van der Waals surface area contributed by atoms with Gasteiger partial charge in [-0.15, -0.1) is 0 Å². The van der Waals surface area contributed by atoms with Crippen LogP contribution in [-0.4, -0.2) is 35.8 Å². The predicted molar refractivity (Wildman–Crippen MR) is 93.1 cm³/mol. The van der Waals surface area contributed by atoms with E-state index >= 15 is 0 Å². The normalized spacial score (nSPS) is 17.7. The summed E-state index contributed by atoms with van der Waals surface area (Å²) < 4.78 is 0. The summed E-state index contributed by atoms with van der Waals surface area (Å²) in [7, 11) is 0. The lowest BCUT2D eigenvalue weighted by atomic mass is 9.95. The van der Waals surface area contributed by atoms with Gasteiger partial charge in [0.15, 0.2) is 0 Å². The number of halogens is 3. The van der Waals surface area contributed by atoms with Gasteiger partial charge in [-0.3, -0.25) is 14.5 Å². The zero-order valence-electron chi connectivity index (χ0n) is 12.6. The van der Waals surface area contributed by atoms with Crippen molar-refractivity contribution in [3.63, 3.8) is 0 Å². The second-order valence-corrected chi connectivity index (χ2v) is 6.85. The Kier molecular flexibility index (Phi) is 6.14. The molecule has 2 rings (SSSR count). The largest absolute Gasteiger partial charge is 0.369 e. The number of hydrogen-bond acceptors (Lipinski definition) is 3. The van der Waals surface area contributed by atoms with Crippen LogP contribution in [0.5, 0.6) is 0 Å². The molecule has 0 spiro atoms. The van der Waals surface area contributed by atoms with Crippen molar-refractivity contribution in [1.29, 1.82) is 0 Å². The molecule has 5 nitrogen and oxygen atoms in total. The molecular formula is C15H18Cl3N3O2. The highest BCUT2D eigenvalue weighted by Crippen LogP contribution is 2.32. The van der Waals surface area contributed by atoms with E-state index in [9.17, 15) is 9.59 Å². The lowest BCUT2D eigenvalue weighted by molar-refractivity contribution is -0.124. The van der Waals surface area contributed by atoms with Gasteiger partial charge < -0.3 is 11.1 Å². The molecule has 1 unspecified atom stereocenters. The number of nitrogens with zero attached hydrogens (tertiary/aromatic N) is 1. The van der Waals surface area contributed by atoms with Crippen molar-refractivity contribution < 1.29 is 9.59 Å². The minimum atomic E-state index is -0.352. The monoisotopic (exact) mass is 377 g/mol. The van der Waals surface area contributed by atoms with Gasteiger partial charge >= 0.3 is 0 Å². The summed E-state index contributed by atoms with van der Waals surface area (Å²) in [6.45, 7) is 3.11. The summed E-state index contributed by atoms with van der Waals surface area (Å²) in [4.78, 5) is 25.6. The summed E-state index contributed by atoms with van der Waals surface area (Å²) >= 11 is 17.9. The van der Waals surface area contributed by atoms with Crippen LogP contribution >= 0.6 is 34.8 Å². The molecule has 0 saturated carbocycles. The van der Waals surface area contributed by atoms with Gasteiger partial charge in [-0.2, -0.15) is 0 Å². The van der Waals surface area contributed by atoms with Crippen molar-refractivity contribution in [2.24, 2.45) is 11.7 Å². The fourth-order valence-corrected chi connectivity index (χ4v) is 3.19. The van der Waals surface area contributed by atoms with Crippen LogP contribution in [0.15, 0.2) is 12.1 Å². The average molecular weight is 379 g/mol. The molecular weight excluding hydrogens is 361 g/mol. The van der Waals surface area contributed by atoms with E-state index in [0.717, 1.165) is 0 Å². The Hall–Kier alpha value is -1.01. The standard InChI is InChI=1S/C15H18Cl3N3O2/c1-8(21-4-2-9(3-5-21)14(19)22)15(23)20-13-7-11(17)10(16)6-12(13)18/h6-9H,2-5H2,1H3,(H2,19,22)(H,20,23). The number of nitrogens with two attached hydrogens (primary N) is 1. The summed E-state index contributed by atoms with van der Waals surface area (Å²) in [6.07, 6.45) is 1.33. The van der Waals surface area contributed by atoms with Crippen molar-refractivity contribution in [3.05, 3.63) is 27.2 Å². The Bertz CT molecular complexity index is 616. The molecule has 8 heteroatoms. The Morgan fingerprint density at radius 3 is 2.30 bits per heavy atom. The van der Waals surface area contributed by atoms with Gasteiger partial charge in [-0.05, 0) is 45.0 Å². The minimum absolute atomic E-state index is 0.106. The average Bonchev–Trinajstić information content (AvgIpc) is 2.51. The van der Waals surface area contributed by atoms with Crippen molar-refractivity contribution in [2.45, 2.75) is 25.8 Å². The molecule has 1 aromatic rings. The molecule has 0 aliphatic carbocycles. The number of carbonyl (C=O) groups is 2. The molecule has 3 N–H and O–H groups in total. The van der Waals surface area contributed by atoms with Gasteiger partial charge in [0, 0.05) is 5.92 Å². The lowest BCUT2D eigenvalue weighted by Crippen LogP contribution is -2.47. The van der Waals surface area contributed by atoms with E-state index in [-0.39, 0.29) is 23.8 Å². The first-order chi connectivity index (χ1) is 10.8. The summed E-state index contributed by atoms with van der Waals surface area (Å²) in [6, 6.07) is 2.66. The van der Waals surface area contributed by atoms with Crippen molar-refractivity contribution >= 4 is 52.3 Å². The van der Waals surface area contributed by atoms with E-state index in [0.29, 0.717) is 46.7 Å². The third kappa shape index (κ3) is 4.51. The third-order valence-electron chi connectivity index (χ3n) is 4.13. The fourth-order valence-electron chi connectivity index (χ4n) is 2.59. The van der Waals surface area contributed by atoms with Crippen molar-refractivity contribution in [3.8, 4) is 0 Å². The summed E-state index contributed by atoms with van der Waals surface area (Å²) in [5.74, 6) is -0.571. The molecule has 0 radical (unpaired) electrons. The van der Waals surface area contributed by atoms with Crippen LogP contribution in [-0.2, 0) is 9.59 Å². The first-order valence-corrected chi connectivity index (χ1v) is 8.41. The molecule has 2 amide bonds. The van der Waals surface area contributed by atoms with E-state index in [1.807, 2.05) is 11.8 Å². The Morgan fingerprint density at radius 1 is 1.17 bits per heavy atom. The van der Waals surface area contributed by atoms with Crippen molar-refractivity contribution in [1.82, 2.24) is 4.90 Å². The van der Waals surface area contributed by atoms with E-state index < -0.39 is 0 Å². The Labute approximate surface area is 150 Å². The zero-order chi connectivity index (χ0) is 17.1.